The average molecular weight is 360 g/mol. The van der Waals surface area contributed by atoms with E-state index < -0.39 is 6.29 Å². The van der Waals surface area contributed by atoms with Crippen LogP contribution in [0.1, 0.15) is 53.4 Å². The standard InChI is InChI=1S/C22H32O4/c1-6-25-18-13-15(20(24)26-18)8-9-16-14(2)12-17(23)19-21(3,4)10-7-11-22(16,19)5/h8-9,13,16-19,23H,2,6-7,10-12H2,1,3-5H3. The van der Waals surface area contributed by atoms with Crippen LogP contribution in [0.3, 0.4) is 0 Å². The molecule has 1 aliphatic heterocycles. The van der Waals surface area contributed by atoms with Crippen molar-refractivity contribution < 1.29 is 19.4 Å². The van der Waals surface area contributed by atoms with Gasteiger partial charge >= 0.3 is 5.97 Å². The quantitative estimate of drug-likeness (QED) is 0.604. The zero-order valence-electron chi connectivity index (χ0n) is 16.5. The monoisotopic (exact) mass is 360 g/mol. The molecule has 2 saturated carbocycles. The highest BCUT2D eigenvalue weighted by atomic mass is 16.7. The van der Waals surface area contributed by atoms with Crippen LogP contribution in [0, 0.1) is 22.7 Å². The zero-order valence-corrected chi connectivity index (χ0v) is 16.5. The van der Waals surface area contributed by atoms with Gasteiger partial charge in [0.1, 0.15) is 0 Å². The number of allylic oxidation sites excluding steroid dienone is 1. The first-order valence-electron chi connectivity index (χ1n) is 9.77. The van der Waals surface area contributed by atoms with Gasteiger partial charge in [0.15, 0.2) is 0 Å². The van der Waals surface area contributed by atoms with E-state index in [9.17, 15) is 9.90 Å². The smallest absolute Gasteiger partial charge is 0.340 e. The fraction of sp³-hybridized carbons (Fsp3) is 0.682. The summed E-state index contributed by atoms with van der Waals surface area (Å²) in [6.45, 7) is 13.5. The maximum absolute atomic E-state index is 12.0. The molecule has 0 amide bonds. The van der Waals surface area contributed by atoms with Crippen molar-refractivity contribution in [2.45, 2.75) is 65.8 Å². The van der Waals surface area contributed by atoms with Gasteiger partial charge in [-0.15, -0.1) is 0 Å². The second kappa shape index (κ2) is 6.97. The van der Waals surface area contributed by atoms with Crippen molar-refractivity contribution >= 4 is 5.97 Å². The van der Waals surface area contributed by atoms with Crippen LogP contribution in [0.15, 0.2) is 36.0 Å². The molecule has 0 radical (unpaired) electrons. The molecule has 0 aromatic rings. The number of aliphatic hydroxyl groups is 1. The van der Waals surface area contributed by atoms with Gasteiger partial charge in [-0.25, -0.2) is 4.79 Å². The molecule has 0 aromatic carbocycles. The molecule has 5 atom stereocenters. The molecule has 0 saturated heterocycles. The predicted molar refractivity (Wildman–Crippen MR) is 101 cm³/mol. The number of rotatable bonds is 4. The Kier molecular flexibility index (Phi) is 5.19. The summed E-state index contributed by atoms with van der Waals surface area (Å²) in [7, 11) is 0. The summed E-state index contributed by atoms with van der Waals surface area (Å²) in [4.78, 5) is 12.0. The van der Waals surface area contributed by atoms with Crippen LogP contribution in [0.25, 0.3) is 0 Å². The lowest BCUT2D eigenvalue weighted by atomic mass is 9.47. The minimum absolute atomic E-state index is 0.0462. The first-order chi connectivity index (χ1) is 12.2. The molecule has 4 nitrogen and oxygen atoms in total. The van der Waals surface area contributed by atoms with Crippen molar-refractivity contribution in [3.05, 3.63) is 36.0 Å². The second-order valence-corrected chi connectivity index (χ2v) is 8.94. The first-order valence-corrected chi connectivity index (χ1v) is 9.77. The van der Waals surface area contributed by atoms with Crippen molar-refractivity contribution in [1.29, 1.82) is 0 Å². The lowest BCUT2D eigenvalue weighted by molar-refractivity contribution is -0.157. The maximum atomic E-state index is 12.0. The van der Waals surface area contributed by atoms with Crippen LogP contribution in [0.2, 0.25) is 0 Å². The Hall–Kier alpha value is -1.39. The van der Waals surface area contributed by atoms with Crippen LogP contribution in [-0.2, 0) is 14.3 Å². The molecule has 2 fully saturated rings. The van der Waals surface area contributed by atoms with Gasteiger partial charge in [-0.05, 0) is 49.0 Å². The largest absolute Gasteiger partial charge is 0.428 e. The van der Waals surface area contributed by atoms with Crippen molar-refractivity contribution in [3.63, 3.8) is 0 Å². The number of fused-ring (bicyclic) bond motifs is 1. The highest BCUT2D eigenvalue weighted by molar-refractivity contribution is 5.93. The molecule has 144 valence electrons. The summed E-state index contributed by atoms with van der Waals surface area (Å²) in [5, 5.41) is 10.8. The van der Waals surface area contributed by atoms with Crippen LogP contribution in [-0.4, -0.2) is 30.1 Å². The Bertz CT molecular complexity index is 645. The van der Waals surface area contributed by atoms with E-state index >= 15 is 0 Å². The topological polar surface area (TPSA) is 55.8 Å². The third-order valence-corrected chi connectivity index (χ3v) is 6.67. The van der Waals surface area contributed by atoms with Gasteiger partial charge in [0, 0.05) is 12.5 Å². The molecule has 3 rings (SSSR count). The number of hydrogen-bond acceptors (Lipinski definition) is 4. The number of carbonyl (C=O) groups excluding carboxylic acids is 1. The van der Waals surface area contributed by atoms with Crippen LogP contribution in [0.4, 0.5) is 0 Å². The number of aliphatic hydroxyl groups excluding tert-OH is 1. The van der Waals surface area contributed by atoms with Gasteiger partial charge < -0.3 is 14.6 Å². The second-order valence-electron chi connectivity index (χ2n) is 8.94. The SMILES string of the molecule is C=C1CC(O)C2C(C)(C)CCCC2(C)C1C=CC1=CC(OCC)OC1=O. The molecule has 0 aromatic heterocycles. The maximum Gasteiger partial charge on any atom is 0.340 e. The molecular weight excluding hydrogens is 328 g/mol. The van der Waals surface area contributed by atoms with E-state index in [0.717, 1.165) is 24.8 Å². The van der Waals surface area contributed by atoms with Crippen LogP contribution < -0.4 is 0 Å². The lowest BCUT2D eigenvalue weighted by Gasteiger charge is -2.59. The Morgan fingerprint density at radius 3 is 2.81 bits per heavy atom. The summed E-state index contributed by atoms with van der Waals surface area (Å²) < 4.78 is 10.6. The van der Waals surface area contributed by atoms with E-state index in [2.05, 4.69) is 33.4 Å². The summed E-state index contributed by atoms with van der Waals surface area (Å²) in [5.74, 6) is 0.0340. The Morgan fingerprint density at radius 1 is 1.38 bits per heavy atom. The van der Waals surface area contributed by atoms with E-state index in [4.69, 9.17) is 9.47 Å². The Morgan fingerprint density at radius 2 is 2.12 bits per heavy atom. The molecule has 1 N–H and O–H groups in total. The van der Waals surface area contributed by atoms with E-state index in [1.54, 1.807) is 6.08 Å². The highest BCUT2D eigenvalue weighted by Crippen LogP contribution is 2.61. The third kappa shape index (κ3) is 3.29. The number of esters is 1. The summed E-state index contributed by atoms with van der Waals surface area (Å²) in [5.41, 5.74) is 1.65. The number of carbonyl (C=O) groups is 1. The number of cyclic esters (lactones) is 1. The van der Waals surface area contributed by atoms with E-state index in [-0.39, 0.29) is 34.7 Å². The summed E-state index contributed by atoms with van der Waals surface area (Å²) in [6.07, 6.45) is 8.75. The van der Waals surface area contributed by atoms with E-state index in [1.807, 2.05) is 13.0 Å². The normalized spacial score (nSPS) is 39.7. The zero-order chi connectivity index (χ0) is 19.1. The van der Waals surface area contributed by atoms with Gasteiger partial charge in [-0.3, -0.25) is 0 Å². The van der Waals surface area contributed by atoms with Crippen molar-refractivity contribution in [3.8, 4) is 0 Å². The molecule has 3 aliphatic rings. The first kappa shape index (κ1) is 19.4. The fourth-order valence-corrected chi connectivity index (χ4v) is 5.77. The van der Waals surface area contributed by atoms with Gasteiger partial charge in [0.25, 0.3) is 0 Å². The molecule has 4 heteroatoms. The fourth-order valence-electron chi connectivity index (χ4n) is 5.77. The van der Waals surface area contributed by atoms with Crippen LogP contribution >= 0.6 is 0 Å². The molecule has 26 heavy (non-hydrogen) atoms. The average Bonchev–Trinajstić information content (AvgIpc) is 2.85. The molecular formula is C22H32O4. The van der Waals surface area contributed by atoms with Crippen LogP contribution in [0.5, 0.6) is 0 Å². The molecule has 2 aliphatic carbocycles. The molecule has 5 unspecified atom stereocenters. The molecule has 0 spiro atoms. The number of hydrogen-bond donors (Lipinski definition) is 1. The molecule has 0 bridgehead atoms. The van der Waals surface area contributed by atoms with Crippen molar-refractivity contribution in [2.24, 2.45) is 22.7 Å². The highest BCUT2D eigenvalue weighted by Gasteiger charge is 2.55. The van der Waals surface area contributed by atoms with Crippen molar-refractivity contribution in [1.82, 2.24) is 0 Å². The lowest BCUT2D eigenvalue weighted by Crippen LogP contribution is -2.55. The summed E-state index contributed by atoms with van der Waals surface area (Å²) >= 11 is 0. The predicted octanol–water partition coefficient (Wildman–Crippen LogP) is 4.16. The van der Waals surface area contributed by atoms with Gasteiger partial charge in [-0.2, -0.15) is 0 Å². The molecule has 1 heterocycles. The van der Waals surface area contributed by atoms with Gasteiger partial charge in [0.05, 0.1) is 11.7 Å². The minimum Gasteiger partial charge on any atom is -0.428 e. The van der Waals surface area contributed by atoms with Gasteiger partial charge in [0.2, 0.25) is 6.29 Å². The van der Waals surface area contributed by atoms with Crippen molar-refractivity contribution in [2.75, 3.05) is 6.61 Å². The third-order valence-electron chi connectivity index (χ3n) is 6.67. The minimum atomic E-state index is -0.583. The van der Waals surface area contributed by atoms with Gasteiger partial charge in [-0.1, -0.05) is 51.5 Å². The van der Waals surface area contributed by atoms with E-state index in [1.165, 1.54) is 0 Å². The number of ether oxygens (including phenoxy) is 2. The van der Waals surface area contributed by atoms with E-state index in [0.29, 0.717) is 18.6 Å². The summed E-state index contributed by atoms with van der Waals surface area (Å²) in [6, 6.07) is 0. The Balaban J connectivity index is 1.87. The Labute approximate surface area is 156 Å².